The molecule has 1 aromatic heterocycles. The summed E-state index contributed by atoms with van der Waals surface area (Å²) in [6.07, 6.45) is 7.82. The molecule has 0 unspecified atom stereocenters. The third-order valence-corrected chi connectivity index (χ3v) is 6.76. The van der Waals surface area contributed by atoms with E-state index >= 15 is 0 Å². The largest absolute Gasteiger partial charge is 0.342 e. The van der Waals surface area contributed by atoms with Gasteiger partial charge in [0.15, 0.2) is 0 Å². The van der Waals surface area contributed by atoms with Crippen LogP contribution in [0.4, 0.5) is 0 Å². The first-order valence-corrected chi connectivity index (χ1v) is 9.83. The monoisotopic (exact) mass is 356 g/mol. The Balaban J connectivity index is 1.38. The average Bonchev–Trinajstić information content (AvgIpc) is 2.89. The van der Waals surface area contributed by atoms with Crippen molar-refractivity contribution in [3.63, 3.8) is 0 Å². The molecule has 3 aliphatic rings. The summed E-state index contributed by atoms with van der Waals surface area (Å²) in [5, 5.41) is 0. The standard InChI is InChI=1S/C20H28N4O2/c1-14-15(2)21-13-22-18(14)19(26)23-8-6-20(7-9-23)10-17(25)24(12-20)11-16-4-3-5-16/h13,16H,3-12H2,1-2H3. The fraction of sp³-hybridized carbons (Fsp3) is 0.700. The molecule has 1 aromatic rings. The van der Waals surface area contributed by atoms with E-state index in [-0.39, 0.29) is 11.3 Å². The maximum atomic E-state index is 12.9. The highest BCUT2D eigenvalue weighted by Crippen LogP contribution is 2.42. The summed E-state index contributed by atoms with van der Waals surface area (Å²) in [5.41, 5.74) is 2.31. The van der Waals surface area contributed by atoms with Crippen molar-refractivity contribution in [3.8, 4) is 0 Å². The summed E-state index contributed by atoms with van der Waals surface area (Å²) in [4.78, 5) is 37.7. The zero-order chi connectivity index (χ0) is 18.3. The van der Waals surface area contributed by atoms with Crippen LogP contribution in [-0.4, -0.2) is 57.8 Å². The molecule has 0 bridgehead atoms. The molecule has 1 saturated carbocycles. The Kier molecular flexibility index (Phi) is 4.45. The minimum absolute atomic E-state index is 0.00139. The zero-order valence-electron chi connectivity index (χ0n) is 15.8. The number of rotatable bonds is 3. The molecule has 0 N–H and O–H groups in total. The van der Waals surface area contributed by atoms with Crippen molar-refractivity contribution >= 4 is 11.8 Å². The van der Waals surface area contributed by atoms with E-state index in [0.717, 1.165) is 43.1 Å². The van der Waals surface area contributed by atoms with E-state index in [2.05, 4.69) is 14.9 Å². The van der Waals surface area contributed by atoms with Gasteiger partial charge in [-0.3, -0.25) is 9.59 Å². The molecule has 6 nitrogen and oxygen atoms in total. The van der Waals surface area contributed by atoms with Crippen molar-refractivity contribution in [1.29, 1.82) is 0 Å². The van der Waals surface area contributed by atoms with Gasteiger partial charge >= 0.3 is 0 Å². The molecule has 140 valence electrons. The van der Waals surface area contributed by atoms with Gasteiger partial charge < -0.3 is 9.80 Å². The Morgan fingerprint density at radius 2 is 1.96 bits per heavy atom. The molecule has 26 heavy (non-hydrogen) atoms. The maximum Gasteiger partial charge on any atom is 0.272 e. The zero-order valence-corrected chi connectivity index (χ0v) is 15.8. The summed E-state index contributed by atoms with van der Waals surface area (Å²) in [6, 6.07) is 0. The maximum absolute atomic E-state index is 12.9. The van der Waals surface area contributed by atoms with Gasteiger partial charge in [-0.25, -0.2) is 9.97 Å². The third-order valence-electron chi connectivity index (χ3n) is 6.76. The molecule has 3 fully saturated rings. The first-order chi connectivity index (χ1) is 12.5. The first-order valence-electron chi connectivity index (χ1n) is 9.83. The Bertz CT molecular complexity index is 721. The van der Waals surface area contributed by atoms with Crippen LogP contribution in [0, 0.1) is 25.2 Å². The molecule has 2 aliphatic heterocycles. The van der Waals surface area contributed by atoms with Gasteiger partial charge in [0, 0.05) is 49.3 Å². The number of piperidine rings is 1. The quantitative estimate of drug-likeness (QED) is 0.834. The van der Waals surface area contributed by atoms with E-state index < -0.39 is 0 Å². The lowest BCUT2D eigenvalue weighted by molar-refractivity contribution is -0.128. The summed E-state index contributed by atoms with van der Waals surface area (Å²) < 4.78 is 0. The average molecular weight is 356 g/mol. The highest BCUT2D eigenvalue weighted by Gasteiger charge is 2.46. The predicted octanol–water partition coefficient (Wildman–Crippen LogP) is 2.35. The van der Waals surface area contributed by atoms with Crippen molar-refractivity contribution in [2.75, 3.05) is 26.2 Å². The third kappa shape index (κ3) is 3.10. The highest BCUT2D eigenvalue weighted by molar-refractivity contribution is 5.94. The predicted molar refractivity (Wildman–Crippen MR) is 97.6 cm³/mol. The van der Waals surface area contributed by atoms with Crippen LogP contribution in [0.15, 0.2) is 6.33 Å². The minimum atomic E-state index is -0.00139. The number of aromatic nitrogens is 2. The topological polar surface area (TPSA) is 66.4 Å². The molecule has 0 radical (unpaired) electrons. The number of carbonyl (C=O) groups excluding carboxylic acids is 2. The molecule has 1 spiro atoms. The Labute approximate surface area is 155 Å². The van der Waals surface area contributed by atoms with Gasteiger partial charge in [-0.1, -0.05) is 6.42 Å². The van der Waals surface area contributed by atoms with Crippen LogP contribution in [0.25, 0.3) is 0 Å². The lowest BCUT2D eigenvalue weighted by Gasteiger charge is -2.39. The highest BCUT2D eigenvalue weighted by atomic mass is 16.2. The lowest BCUT2D eigenvalue weighted by atomic mass is 9.77. The Hall–Kier alpha value is -1.98. The van der Waals surface area contributed by atoms with Gasteiger partial charge in [-0.15, -0.1) is 0 Å². The number of hydrogen-bond acceptors (Lipinski definition) is 4. The molecular weight excluding hydrogens is 328 g/mol. The van der Waals surface area contributed by atoms with E-state index in [9.17, 15) is 9.59 Å². The van der Waals surface area contributed by atoms with E-state index in [1.54, 1.807) is 0 Å². The lowest BCUT2D eigenvalue weighted by Crippen LogP contribution is -2.45. The van der Waals surface area contributed by atoms with Crippen LogP contribution < -0.4 is 0 Å². The van der Waals surface area contributed by atoms with Crippen LogP contribution >= 0.6 is 0 Å². The number of hydrogen-bond donors (Lipinski definition) is 0. The van der Waals surface area contributed by atoms with Crippen molar-refractivity contribution in [2.24, 2.45) is 11.3 Å². The van der Waals surface area contributed by atoms with E-state index in [1.165, 1.54) is 25.6 Å². The second-order valence-electron chi connectivity index (χ2n) is 8.47. The summed E-state index contributed by atoms with van der Waals surface area (Å²) in [5.74, 6) is 1.04. The van der Waals surface area contributed by atoms with Crippen molar-refractivity contribution in [3.05, 3.63) is 23.3 Å². The van der Waals surface area contributed by atoms with E-state index in [1.807, 2.05) is 18.7 Å². The number of nitrogens with zero attached hydrogens (tertiary/aromatic N) is 4. The molecule has 1 aliphatic carbocycles. The molecule has 0 atom stereocenters. The van der Waals surface area contributed by atoms with Gasteiger partial charge in [0.1, 0.15) is 12.0 Å². The number of carbonyl (C=O) groups is 2. The van der Waals surface area contributed by atoms with Gasteiger partial charge in [-0.2, -0.15) is 0 Å². The van der Waals surface area contributed by atoms with Crippen LogP contribution in [-0.2, 0) is 4.79 Å². The molecule has 2 saturated heterocycles. The molecule has 4 rings (SSSR count). The SMILES string of the molecule is Cc1ncnc(C(=O)N2CCC3(CC2)CC(=O)N(CC2CCC2)C3)c1C. The van der Waals surface area contributed by atoms with Crippen LogP contribution in [0.1, 0.15) is 60.3 Å². The number of amides is 2. The summed E-state index contributed by atoms with van der Waals surface area (Å²) >= 11 is 0. The smallest absolute Gasteiger partial charge is 0.272 e. The van der Waals surface area contributed by atoms with Gasteiger partial charge in [0.2, 0.25) is 5.91 Å². The van der Waals surface area contributed by atoms with Gasteiger partial charge in [0.25, 0.3) is 5.91 Å². The number of aryl methyl sites for hydroxylation is 1. The Morgan fingerprint density at radius 1 is 1.23 bits per heavy atom. The van der Waals surface area contributed by atoms with Gasteiger partial charge in [-0.05, 0) is 45.4 Å². The van der Waals surface area contributed by atoms with E-state index in [4.69, 9.17) is 0 Å². The number of likely N-dealkylation sites (tertiary alicyclic amines) is 2. The Morgan fingerprint density at radius 3 is 2.62 bits per heavy atom. The summed E-state index contributed by atoms with van der Waals surface area (Å²) in [7, 11) is 0. The van der Waals surface area contributed by atoms with E-state index in [0.29, 0.717) is 31.1 Å². The van der Waals surface area contributed by atoms with Crippen LogP contribution in [0.5, 0.6) is 0 Å². The molecular formula is C20H28N4O2. The van der Waals surface area contributed by atoms with Crippen molar-refractivity contribution < 1.29 is 9.59 Å². The van der Waals surface area contributed by atoms with Crippen molar-refractivity contribution in [2.45, 2.75) is 52.4 Å². The normalized spacial score (nSPS) is 22.8. The fourth-order valence-electron chi connectivity index (χ4n) is 4.56. The second-order valence-corrected chi connectivity index (χ2v) is 8.47. The summed E-state index contributed by atoms with van der Waals surface area (Å²) in [6.45, 7) is 7.07. The van der Waals surface area contributed by atoms with Crippen LogP contribution in [0.2, 0.25) is 0 Å². The van der Waals surface area contributed by atoms with Crippen LogP contribution in [0.3, 0.4) is 0 Å². The molecule has 0 aromatic carbocycles. The first kappa shape index (κ1) is 17.4. The van der Waals surface area contributed by atoms with Gasteiger partial charge in [0.05, 0.1) is 0 Å². The molecule has 2 amide bonds. The minimum Gasteiger partial charge on any atom is -0.342 e. The van der Waals surface area contributed by atoms with Crippen molar-refractivity contribution in [1.82, 2.24) is 19.8 Å². The fourth-order valence-corrected chi connectivity index (χ4v) is 4.56. The molecule has 3 heterocycles. The second kappa shape index (κ2) is 6.63. The molecule has 6 heteroatoms.